The Morgan fingerprint density at radius 2 is 2.33 bits per heavy atom. The molecule has 0 bridgehead atoms. The fraction of sp³-hybridized carbons (Fsp3) is 0.714. The predicted octanol–water partition coefficient (Wildman–Crippen LogP) is 1.75. The van der Waals surface area contributed by atoms with E-state index in [0.717, 1.165) is 13.0 Å². The van der Waals surface area contributed by atoms with Crippen LogP contribution in [0.25, 0.3) is 0 Å². The lowest BCUT2D eigenvalue weighted by Crippen LogP contribution is -2.03. The third-order valence-electron chi connectivity index (χ3n) is 1.44. The van der Waals surface area contributed by atoms with Gasteiger partial charge in [-0.05, 0) is 25.6 Å². The van der Waals surface area contributed by atoms with Gasteiger partial charge >= 0.3 is 6.01 Å². The highest BCUT2D eigenvalue weighted by Gasteiger charge is 2.03. The summed E-state index contributed by atoms with van der Waals surface area (Å²) in [5, 5.41) is 6.65. The average molecular weight is 187 g/mol. The summed E-state index contributed by atoms with van der Waals surface area (Å²) in [4.78, 5) is 0. The van der Waals surface area contributed by atoms with E-state index in [1.54, 1.807) is 0 Å². The van der Waals surface area contributed by atoms with Crippen LogP contribution in [0.4, 0.5) is 0 Å². The maximum absolute atomic E-state index is 5.26. The molecule has 0 saturated heterocycles. The molecular formula is C7H13N3OS. The van der Waals surface area contributed by atoms with Gasteiger partial charge in [-0.25, -0.2) is 5.10 Å². The Bertz CT molecular complexity index is 291. The minimum absolute atomic E-state index is 0.587. The first kappa shape index (κ1) is 9.25. The van der Waals surface area contributed by atoms with E-state index in [0.29, 0.717) is 17.4 Å². The van der Waals surface area contributed by atoms with Crippen molar-refractivity contribution in [2.24, 2.45) is 0 Å². The molecule has 4 nitrogen and oxygen atoms in total. The van der Waals surface area contributed by atoms with Crippen LogP contribution in [0.5, 0.6) is 6.01 Å². The van der Waals surface area contributed by atoms with Crippen molar-refractivity contribution >= 4 is 12.2 Å². The first-order valence-corrected chi connectivity index (χ1v) is 4.48. The smallest absolute Gasteiger partial charge is 0.315 e. The van der Waals surface area contributed by atoms with Gasteiger partial charge in [0.2, 0.25) is 0 Å². The summed E-state index contributed by atoms with van der Waals surface area (Å²) in [5.74, 6) is 0. The van der Waals surface area contributed by atoms with Gasteiger partial charge in [0.1, 0.15) is 0 Å². The van der Waals surface area contributed by atoms with Crippen molar-refractivity contribution in [3.63, 3.8) is 0 Å². The lowest BCUT2D eigenvalue weighted by Gasteiger charge is -2.03. The standard InChI is InChI=1S/C7H13N3OS/c1-3-5-10-6(11-4-2)8-9-7(10)12/h3-5H2,1-2H3,(H,9,12). The normalized spacial score (nSPS) is 10.2. The number of ether oxygens (including phenoxy) is 1. The van der Waals surface area contributed by atoms with Gasteiger partial charge in [-0.2, -0.15) is 0 Å². The Balaban J connectivity index is 2.87. The summed E-state index contributed by atoms with van der Waals surface area (Å²) >= 11 is 5.02. The van der Waals surface area contributed by atoms with Crippen molar-refractivity contribution in [1.29, 1.82) is 0 Å². The summed E-state index contributed by atoms with van der Waals surface area (Å²) in [6.45, 7) is 5.48. The molecule has 0 fully saturated rings. The first-order valence-electron chi connectivity index (χ1n) is 4.07. The van der Waals surface area contributed by atoms with E-state index < -0.39 is 0 Å². The Morgan fingerprint density at radius 3 is 2.92 bits per heavy atom. The van der Waals surface area contributed by atoms with Crippen molar-refractivity contribution in [2.75, 3.05) is 6.61 Å². The molecule has 0 aliphatic carbocycles. The second-order valence-electron chi connectivity index (χ2n) is 2.40. The molecule has 0 amide bonds. The molecule has 0 aromatic carbocycles. The molecule has 0 unspecified atom stereocenters. The monoisotopic (exact) mass is 187 g/mol. The molecule has 0 aliphatic rings. The van der Waals surface area contributed by atoms with Crippen LogP contribution in [0.15, 0.2) is 0 Å². The molecule has 1 aromatic heterocycles. The van der Waals surface area contributed by atoms with Crippen LogP contribution < -0.4 is 4.74 Å². The van der Waals surface area contributed by atoms with Crippen LogP contribution in [0, 0.1) is 4.77 Å². The average Bonchev–Trinajstić information content (AvgIpc) is 2.37. The van der Waals surface area contributed by atoms with Crippen molar-refractivity contribution in [3.8, 4) is 6.01 Å². The second-order valence-corrected chi connectivity index (χ2v) is 2.78. The molecule has 1 N–H and O–H groups in total. The fourth-order valence-corrected chi connectivity index (χ4v) is 1.18. The largest absolute Gasteiger partial charge is 0.464 e. The second kappa shape index (κ2) is 4.25. The third-order valence-corrected chi connectivity index (χ3v) is 1.76. The molecule has 1 aromatic rings. The molecule has 0 radical (unpaired) electrons. The van der Waals surface area contributed by atoms with E-state index in [4.69, 9.17) is 17.0 Å². The molecular weight excluding hydrogens is 174 g/mol. The fourth-order valence-electron chi connectivity index (χ4n) is 0.963. The molecule has 68 valence electrons. The van der Waals surface area contributed by atoms with Crippen LogP contribution in [-0.4, -0.2) is 21.4 Å². The maximum atomic E-state index is 5.26. The zero-order valence-corrected chi connectivity index (χ0v) is 8.15. The first-order chi connectivity index (χ1) is 5.79. The summed E-state index contributed by atoms with van der Waals surface area (Å²) < 4.78 is 7.75. The molecule has 0 saturated carbocycles. The lowest BCUT2D eigenvalue weighted by atomic mass is 10.5. The van der Waals surface area contributed by atoms with E-state index in [1.165, 1.54) is 0 Å². The topological polar surface area (TPSA) is 42.8 Å². The molecule has 1 heterocycles. The molecule has 0 spiro atoms. The van der Waals surface area contributed by atoms with Crippen LogP contribution in [-0.2, 0) is 6.54 Å². The third kappa shape index (κ3) is 1.85. The van der Waals surface area contributed by atoms with E-state index in [2.05, 4.69) is 17.1 Å². The Kier molecular flexibility index (Phi) is 3.28. The quantitative estimate of drug-likeness (QED) is 0.730. The van der Waals surface area contributed by atoms with E-state index >= 15 is 0 Å². The van der Waals surface area contributed by atoms with Gasteiger partial charge in [0.15, 0.2) is 4.77 Å². The van der Waals surface area contributed by atoms with Gasteiger partial charge in [0.25, 0.3) is 0 Å². The Hall–Kier alpha value is -0.840. The van der Waals surface area contributed by atoms with Crippen LogP contribution >= 0.6 is 12.2 Å². The SMILES string of the molecule is CCCn1c(OCC)n[nH]c1=S. The van der Waals surface area contributed by atoms with Crippen LogP contribution in [0.1, 0.15) is 20.3 Å². The number of aromatic amines is 1. The lowest BCUT2D eigenvalue weighted by molar-refractivity contribution is 0.294. The van der Waals surface area contributed by atoms with Crippen molar-refractivity contribution < 1.29 is 4.74 Å². The van der Waals surface area contributed by atoms with Gasteiger partial charge in [0.05, 0.1) is 6.61 Å². The highest BCUT2D eigenvalue weighted by atomic mass is 32.1. The molecule has 0 aliphatic heterocycles. The van der Waals surface area contributed by atoms with E-state index in [9.17, 15) is 0 Å². The van der Waals surface area contributed by atoms with Gasteiger partial charge < -0.3 is 4.74 Å². The highest BCUT2D eigenvalue weighted by molar-refractivity contribution is 7.71. The number of nitrogens with zero attached hydrogens (tertiary/aromatic N) is 2. The molecule has 1 rings (SSSR count). The summed E-state index contributed by atoms with van der Waals surface area (Å²) in [7, 11) is 0. The number of hydrogen-bond acceptors (Lipinski definition) is 3. The van der Waals surface area contributed by atoms with Gasteiger partial charge in [-0.1, -0.05) is 6.92 Å². The van der Waals surface area contributed by atoms with Crippen LogP contribution in [0.2, 0.25) is 0 Å². The van der Waals surface area contributed by atoms with Crippen LogP contribution in [0.3, 0.4) is 0 Å². The Morgan fingerprint density at radius 1 is 1.58 bits per heavy atom. The minimum atomic E-state index is 0.587. The highest BCUT2D eigenvalue weighted by Crippen LogP contribution is 2.07. The zero-order valence-electron chi connectivity index (χ0n) is 7.33. The summed E-state index contributed by atoms with van der Waals surface area (Å²) in [6, 6.07) is 0.587. The zero-order chi connectivity index (χ0) is 8.97. The molecule has 0 atom stereocenters. The Labute approximate surface area is 76.6 Å². The van der Waals surface area contributed by atoms with Crippen molar-refractivity contribution in [1.82, 2.24) is 14.8 Å². The number of aromatic nitrogens is 3. The number of rotatable bonds is 4. The summed E-state index contributed by atoms with van der Waals surface area (Å²) in [5.41, 5.74) is 0. The van der Waals surface area contributed by atoms with Crippen molar-refractivity contribution in [3.05, 3.63) is 4.77 Å². The maximum Gasteiger partial charge on any atom is 0.315 e. The number of hydrogen-bond donors (Lipinski definition) is 1. The van der Waals surface area contributed by atoms with Crippen molar-refractivity contribution in [2.45, 2.75) is 26.8 Å². The van der Waals surface area contributed by atoms with Gasteiger partial charge in [0, 0.05) is 6.54 Å². The number of nitrogens with one attached hydrogen (secondary N) is 1. The summed E-state index contributed by atoms with van der Waals surface area (Å²) in [6.07, 6.45) is 1.02. The van der Waals surface area contributed by atoms with Gasteiger partial charge in [-0.3, -0.25) is 4.57 Å². The van der Waals surface area contributed by atoms with E-state index in [-0.39, 0.29) is 0 Å². The van der Waals surface area contributed by atoms with E-state index in [1.807, 2.05) is 11.5 Å². The molecule has 12 heavy (non-hydrogen) atoms. The minimum Gasteiger partial charge on any atom is -0.464 e. The molecule has 5 heteroatoms. The van der Waals surface area contributed by atoms with Gasteiger partial charge in [-0.15, -0.1) is 5.10 Å². The predicted molar refractivity (Wildman–Crippen MR) is 48.9 cm³/mol. The number of H-pyrrole nitrogens is 1.